The van der Waals surface area contributed by atoms with Crippen LogP contribution in [-0.2, 0) is 10.2 Å². The Labute approximate surface area is 107 Å². The van der Waals surface area contributed by atoms with E-state index in [1.807, 2.05) is 13.0 Å². The van der Waals surface area contributed by atoms with E-state index in [0.717, 1.165) is 11.1 Å². The molecule has 7 heteroatoms. The van der Waals surface area contributed by atoms with Crippen molar-refractivity contribution in [2.24, 2.45) is 5.73 Å². The fourth-order valence-electron chi connectivity index (χ4n) is 1.41. The average molecular weight is 278 g/mol. The molecule has 0 saturated carbocycles. The molecule has 0 bridgehead atoms. The zero-order valence-electron chi connectivity index (χ0n) is 9.75. The number of hydrogen-bond acceptors (Lipinski definition) is 3. The summed E-state index contributed by atoms with van der Waals surface area (Å²) in [6.45, 7) is 4.10. The van der Waals surface area contributed by atoms with Gasteiger partial charge in [0.2, 0.25) is 0 Å². The highest BCUT2D eigenvalue weighted by atomic mass is 35.5. The molecule has 0 saturated heterocycles. The van der Waals surface area contributed by atoms with Gasteiger partial charge in [0.1, 0.15) is 0 Å². The van der Waals surface area contributed by atoms with Crippen LogP contribution in [0.5, 0.6) is 0 Å². The maximum atomic E-state index is 11.6. The average Bonchev–Trinajstić information content (AvgIpc) is 2.21. The van der Waals surface area contributed by atoms with Crippen molar-refractivity contribution in [1.82, 2.24) is 4.72 Å². The van der Waals surface area contributed by atoms with Gasteiger partial charge < -0.3 is 5.73 Å². The smallest absolute Gasteiger partial charge is 0.299 e. The molecule has 0 amide bonds. The molecule has 1 aromatic carbocycles. The number of hydrogen-bond donors (Lipinski definition) is 3. The number of halogens is 1. The maximum absolute atomic E-state index is 11.6. The standard InChI is InChI=1S/C10H16ClN3O2S/c1-7-5-8(2)10(9(11)6-7)14-17(15,16)13-4-3-12/h5-6,13-14H,3-4,12H2,1-2H3. The number of rotatable bonds is 5. The third kappa shape index (κ3) is 4.16. The molecular formula is C10H16ClN3O2S. The van der Waals surface area contributed by atoms with E-state index < -0.39 is 10.2 Å². The summed E-state index contributed by atoms with van der Waals surface area (Å²) in [5.74, 6) is 0. The molecule has 96 valence electrons. The molecule has 0 aliphatic heterocycles. The molecule has 0 aliphatic rings. The molecule has 5 nitrogen and oxygen atoms in total. The van der Waals surface area contributed by atoms with Crippen molar-refractivity contribution in [2.75, 3.05) is 17.8 Å². The van der Waals surface area contributed by atoms with Crippen LogP contribution in [0.25, 0.3) is 0 Å². The SMILES string of the molecule is Cc1cc(C)c(NS(=O)(=O)NCCN)c(Cl)c1. The minimum atomic E-state index is -3.62. The van der Waals surface area contributed by atoms with Crippen LogP contribution < -0.4 is 15.2 Å². The summed E-state index contributed by atoms with van der Waals surface area (Å²) >= 11 is 6.00. The summed E-state index contributed by atoms with van der Waals surface area (Å²) in [4.78, 5) is 0. The Morgan fingerprint density at radius 2 is 2.00 bits per heavy atom. The number of anilines is 1. The Kier molecular flexibility index (Phi) is 4.76. The quantitative estimate of drug-likeness (QED) is 0.755. The summed E-state index contributed by atoms with van der Waals surface area (Å²) in [6, 6.07) is 3.56. The lowest BCUT2D eigenvalue weighted by Crippen LogP contribution is -2.34. The first kappa shape index (κ1) is 14.2. The van der Waals surface area contributed by atoms with Crippen molar-refractivity contribution in [3.05, 3.63) is 28.3 Å². The highest BCUT2D eigenvalue weighted by molar-refractivity contribution is 7.90. The molecule has 0 radical (unpaired) electrons. The summed E-state index contributed by atoms with van der Waals surface area (Å²) in [6.07, 6.45) is 0. The second-order valence-corrected chi connectivity index (χ2v) is 5.63. The summed E-state index contributed by atoms with van der Waals surface area (Å²) in [7, 11) is -3.62. The molecule has 0 spiro atoms. The molecule has 0 unspecified atom stereocenters. The van der Waals surface area contributed by atoms with Gasteiger partial charge in [0.05, 0.1) is 10.7 Å². The van der Waals surface area contributed by atoms with E-state index in [-0.39, 0.29) is 13.1 Å². The first-order valence-electron chi connectivity index (χ1n) is 5.10. The third-order valence-corrected chi connectivity index (χ3v) is 3.46. The summed E-state index contributed by atoms with van der Waals surface area (Å²) in [5.41, 5.74) is 7.37. The molecule has 4 N–H and O–H groups in total. The van der Waals surface area contributed by atoms with Gasteiger partial charge in [0.15, 0.2) is 0 Å². The second-order valence-electron chi connectivity index (χ2n) is 3.73. The summed E-state index contributed by atoms with van der Waals surface area (Å²) < 4.78 is 27.9. The zero-order chi connectivity index (χ0) is 13.1. The Bertz CT molecular complexity index is 479. The molecule has 0 atom stereocenters. The van der Waals surface area contributed by atoms with E-state index >= 15 is 0 Å². The van der Waals surface area contributed by atoms with Crippen molar-refractivity contribution >= 4 is 27.5 Å². The molecule has 0 heterocycles. The lowest BCUT2D eigenvalue weighted by atomic mass is 10.1. The maximum Gasteiger partial charge on any atom is 0.299 e. The molecular weight excluding hydrogens is 262 g/mol. The van der Waals surface area contributed by atoms with Gasteiger partial charge in [-0.25, -0.2) is 0 Å². The monoisotopic (exact) mass is 277 g/mol. The van der Waals surface area contributed by atoms with E-state index in [4.69, 9.17) is 17.3 Å². The van der Waals surface area contributed by atoms with E-state index in [9.17, 15) is 8.42 Å². The molecule has 1 rings (SSSR count). The Morgan fingerprint density at radius 3 is 2.53 bits per heavy atom. The number of aryl methyl sites for hydroxylation is 2. The van der Waals surface area contributed by atoms with Crippen molar-refractivity contribution < 1.29 is 8.42 Å². The van der Waals surface area contributed by atoms with Crippen LogP contribution >= 0.6 is 11.6 Å². The highest BCUT2D eigenvalue weighted by Crippen LogP contribution is 2.27. The molecule has 0 aromatic heterocycles. The van der Waals surface area contributed by atoms with E-state index in [0.29, 0.717) is 10.7 Å². The normalized spacial score (nSPS) is 11.5. The van der Waals surface area contributed by atoms with Crippen molar-refractivity contribution in [3.8, 4) is 0 Å². The largest absolute Gasteiger partial charge is 0.329 e. The molecule has 0 aliphatic carbocycles. The summed E-state index contributed by atoms with van der Waals surface area (Å²) in [5, 5.41) is 0.376. The van der Waals surface area contributed by atoms with Gasteiger partial charge in [-0.3, -0.25) is 4.72 Å². The second kappa shape index (κ2) is 5.68. The lowest BCUT2D eigenvalue weighted by Gasteiger charge is -2.13. The third-order valence-electron chi connectivity index (χ3n) is 2.10. The first-order chi connectivity index (χ1) is 7.85. The van der Waals surface area contributed by atoms with Gasteiger partial charge in [-0.05, 0) is 31.0 Å². The van der Waals surface area contributed by atoms with E-state index in [1.54, 1.807) is 13.0 Å². The highest BCUT2D eigenvalue weighted by Gasteiger charge is 2.13. The van der Waals surface area contributed by atoms with Gasteiger partial charge in [-0.15, -0.1) is 0 Å². The van der Waals surface area contributed by atoms with Crippen LogP contribution in [0.15, 0.2) is 12.1 Å². The fourth-order valence-corrected chi connectivity index (χ4v) is 2.83. The van der Waals surface area contributed by atoms with Gasteiger partial charge >= 0.3 is 0 Å². The van der Waals surface area contributed by atoms with E-state index in [2.05, 4.69) is 9.44 Å². The predicted molar refractivity (Wildman–Crippen MR) is 70.5 cm³/mol. The van der Waals surface area contributed by atoms with E-state index in [1.165, 1.54) is 0 Å². The predicted octanol–water partition coefficient (Wildman–Crippen LogP) is 1.16. The van der Waals surface area contributed by atoms with Gasteiger partial charge in [-0.1, -0.05) is 17.7 Å². The number of benzene rings is 1. The van der Waals surface area contributed by atoms with Crippen LogP contribution in [-0.4, -0.2) is 21.5 Å². The molecule has 17 heavy (non-hydrogen) atoms. The first-order valence-corrected chi connectivity index (χ1v) is 6.96. The van der Waals surface area contributed by atoms with Crippen LogP contribution in [0.3, 0.4) is 0 Å². The van der Waals surface area contributed by atoms with Crippen LogP contribution in [0, 0.1) is 13.8 Å². The fraction of sp³-hybridized carbons (Fsp3) is 0.400. The Hall–Kier alpha value is -0.820. The van der Waals surface area contributed by atoms with Gasteiger partial charge in [-0.2, -0.15) is 13.1 Å². The topological polar surface area (TPSA) is 84.2 Å². The van der Waals surface area contributed by atoms with Crippen LogP contribution in [0.1, 0.15) is 11.1 Å². The Morgan fingerprint density at radius 1 is 1.35 bits per heavy atom. The van der Waals surface area contributed by atoms with Gasteiger partial charge in [0.25, 0.3) is 10.2 Å². The lowest BCUT2D eigenvalue weighted by molar-refractivity contribution is 0.587. The Balaban J connectivity index is 2.96. The number of nitrogens with two attached hydrogens (primary N) is 1. The van der Waals surface area contributed by atoms with Crippen molar-refractivity contribution in [2.45, 2.75) is 13.8 Å². The number of nitrogens with one attached hydrogen (secondary N) is 2. The van der Waals surface area contributed by atoms with Crippen LogP contribution in [0.2, 0.25) is 5.02 Å². The minimum absolute atomic E-state index is 0.178. The van der Waals surface area contributed by atoms with Crippen molar-refractivity contribution in [1.29, 1.82) is 0 Å². The minimum Gasteiger partial charge on any atom is -0.329 e. The van der Waals surface area contributed by atoms with Crippen LogP contribution in [0.4, 0.5) is 5.69 Å². The van der Waals surface area contributed by atoms with Gasteiger partial charge in [0, 0.05) is 13.1 Å². The molecule has 1 aromatic rings. The van der Waals surface area contributed by atoms with Crippen molar-refractivity contribution in [3.63, 3.8) is 0 Å². The zero-order valence-corrected chi connectivity index (χ0v) is 11.3. The molecule has 0 fully saturated rings.